The maximum Gasteiger partial charge on any atom is 0.313 e. The highest BCUT2D eigenvalue weighted by Gasteiger charge is 2.22. The van der Waals surface area contributed by atoms with Gasteiger partial charge in [-0.25, -0.2) is 0 Å². The lowest BCUT2D eigenvalue weighted by molar-refractivity contribution is 0.461. The fraction of sp³-hybridized carbons (Fsp3) is 0. The van der Waals surface area contributed by atoms with Gasteiger partial charge >= 0.3 is 7.66 Å². The first-order chi connectivity index (χ1) is 8.09. The van der Waals surface area contributed by atoms with Crippen LogP contribution in [0.4, 0.5) is 11.4 Å². The fourth-order valence-corrected chi connectivity index (χ4v) is 2.52. The van der Waals surface area contributed by atoms with E-state index in [1.807, 2.05) is 12.1 Å². The zero-order valence-corrected chi connectivity index (χ0v) is 9.96. The molecule has 0 heterocycles. The maximum absolute atomic E-state index is 9.64. The molecule has 0 amide bonds. The summed E-state index contributed by atoms with van der Waals surface area (Å²) >= 11 is 0. The fourth-order valence-electron chi connectivity index (χ4n) is 1.61. The predicted octanol–water partition coefficient (Wildman–Crippen LogP) is 3.33. The Labute approximate surface area is 99.8 Å². The third-order valence-corrected chi connectivity index (χ3v) is 3.30. The van der Waals surface area contributed by atoms with E-state index < -0.39 is 7.66 Å². The standard InChI is InChI=1S/C12H13N2O2P/c13-17(15,16)14(11-7-3-1-4-8-11)12-9-5-2-6-10-12/h1-10H,(H3,13,15,16). The van der Waals surface area contributed by atoms with Gasteiger partial charge in [0, 0.05) is 0 Å². The minimum atomic E-state index is -3.89. The Kier molecular flexibility index (Phi) is 3.29. The van der Waals surface area contributed by atoms with Crippen LogP contribution in [0.25, 0.3) is 0 Å². The van der Waals surface area contributed by atoms with E-state index in [9.17, 15) is 9.79 Å². The van der Waals surface area contributed by atoms with Crippen molar-refractivity contribution in [3.8, 4) is 0 Å². The van der Waals surface area contributed by atoms with Crippen LogP contribution >= 0.6 is 7.66 Å². The number of para-hydroxylation sites is 2. The molecule has 2 rings (SSSR count). The molecular weight excluding hydrogens is 235 g/mol. The molecule has 17 heavy (non-hydrogen) atoms. The molecule has 5 heteroatoms. The summed E-state index contributed by atoms with van der Waals surface area (Å²) in [6, 6.07) is 17.8. The molecule has 0 aliphatic carbocycles. The first-order valence-corrected chi connectivity index (χ1v) is 6.74. The molecule has 0 saturated carbocycles. The van der Waals surface area contributed by atoms with Crippen LogP contribution in [0.5, 0.6) is 0 Å². The zero-order chi connectivity index (χ0) is 12.3. The van der Waals surface area contributed by atoms with Crippen LogP contribution in [0.15, 0.2) is 60.7 Å². The van der Waals surface area contributed by atoms with Crippen molar-refractivity contribution < 1.29 is 9.79 Å². The van der Waals surface area contributed by atoms with E-state index in [1.165, 1.54) is 4.67 Å². The summed E-state index contributed by atoms with van der Waals surface area (Å²) in [4.78, 5) is 19.3. The van der Waals surface area contributed by atoms with Crippen LogP contribution in [0.2, 0.25) is 0 Å². The summed E-state index contributed by atoms with van der Waals surface area (Å²) in [7, 11) is -3.89. The van der Waals surface area contributed by atoms with Gasteiger partial charge < -0.3 is 9.79 Å². The van der Waals surface area contributed by atoms with E-state index in [0.29, 0.717) is 11.4 Å². The van der Waals surface area contributed by atoms with E-state index in [2.05, 4.69) is 0 Å². The molecule has 0 atom stereocenters. The Bertz CT molecular complexity index is 485. The van der Waals surface area contributed by atoms with Gasteiger partial charge in [-0.05, 0) is 24.3 Å². The Balaban J connectivity index is 2.52. The SMILES string of the molecule is N=P(O)(O)N(c1ccccc1)c1ccccc1. The number of nitrogens with one attached hydrogen (secondary N) is 1. The van der Waals surface area contributed by atoms with E-state index in [0.717, 1.165) is 0 Å². The summed E-state index contributed by atoms with van der Waals surface area (Å²) < 4.78 is 1.24. The average molecular weight is 248 g/mol. The van der Waals surface area contributed by atoms with Crippen molar-refractivity contribution in [3.05, 3.63) is 60.7 Å². The molecule has 0 bridgehead atoms. The van der Waals surface area contributed by atoms with Gasteiger partial charge in [-0.3, -0.25) is 9.83 Å². The smallest absolute Gasteiger partial charge is 0.313 e. The van der Waals surface area contributed by atoms with Gasteiger partial charge in [0.2, 0.25) is 0 Å². The molecule has 0 aliphatic rings. The zero-order valence-electron chi connectivity index (χ0n) is 9.06. The van der Waals surface area contributed by atoms with Crippen LogP contribution in [-0.4, -0.2) is 9.79 Å². The molecule has 3 N–H and O–H groups in total. The van der Waals surface area contributed by atoms with Crippen LogP contribution in [-0.2, 0) is 0 Å². The minimum Gasteiger partial charge on any atom is -0.324 e. The molecule has 0 aromatic heterocycles. The van der Waals surface area contributed by atoms with Crippen molar-refractivity contribution in [2.75, 3.05) is 4.67 Å². The number of hydrogen-bond acceptors (Lipinski definition) is 1. The van der Waals surface area contributed by atoms with Crippen molar-refractivity contribution in [1.82, 2.24) is 0 Å². The summed E-state index contributed by atoms with van der Waals surface area (Å²) in [6.07, 6.45) is 0. The van der Waals surface area contributed by atoms with Crippen LogP contribution in [0, 0.1) is 5.16 Å². The Morgan fingerprint density at radius 3 is 1.41 bits per heavy atom. The topological polar surface area (TPSA) is 67.5 Å². The summed E-state index contributed by atoms with van der Waals surface area (Å²) in [5.41, 5.74) is 1.18. The molecule has 0 fully saturated rings. The monoisotopic (exact) mass is 248 g/mol. The average Bonchev–Trinajstić information content (AvgIpc) is 2.30. The summed E-state index contributed by atoms with van der Waals surface area (Å²) in [5.74, 6) is 0. The van der Waals surface area contributed by atoms with Crippen molar-refractivity contribution >= 4 is 19.0 Å². The van der Waals surface area contributed by atoms with E-state index in [4.69, 9.17) is 5.16 Å². The van der Waals surface area contributed by atoms with Crippen molar-refractivity contribution in [2.45, 2.75) is 0 Å². The second-order valence-electron chi connectivity index (χ2n) is 3.55. The van der Waals surface area contributed by atoms with Gasteiger partial charge in [0.1, 0.15) is 0 Å². The van der Waals surface area contributed by atoms with Crippen molar-refractivity contribution in [2.24, 2.45) is 0 Å². The number of benzene rings is 2. The number of anilines is 2. The highest BCUT2D eigenvalue weighted by molar-refractivity contribution is 7.55. The Hall–Kier alpha value is -1.61. The second-order valence-corrected chi connectivity index (χ2v) is 5.09. The molecular formula is C12H13N2O2P. The minimum absolute atomic E-state index is 0.590. The molecule has 2 aromatic carbocycles. The first-order valence-electron chi connectivity index (χ1n) is 5.09. The first kappa shape index (κ1) is 11.9. The van der Waals surface area contributed by atoms with Gasteiger partial charge in [-0.15, -0.1) is 0 Å². The lowest BCUT2D eigenvalue weighted by Crippen LogP contribution is -2.12. The summed E-state index contributed by atoms with van der Waals surface area (Å²) in [5, 5.41) is 7.51. The van der Waals surface area contributed by atoms with Crippen molar-refractivity contribution in [1.29, 1.82) is 5.16 Å². The van der Waals surface area contributed by atoms with Crippen LogP contribution in [0.1, 0.15) is 0 Å². The van der Waals surface area contributed by atoms with E-state index >= 15 is 0 Å². The molecule has 0 radical (unpaired) electrons. The van der Waals surface area contributed by atoms with Gasteiger partial charge in [-0.1, -0.05) is 36.4 Å². The largest absolute Gasteiger partial charge is 0.324 e. The van der Waals surface area contributed by atoms with E-state index in [1.54, 1.807) is 48.5 Å². The molecule has 0 spiro atoms. The highest BCUT2D eigenvalue weighted by Crippen LogP contribution is 2.49. The van der Waals surface area contributed by atoms with Gasteiger partial charge in [0.15, 0.2) is 0 Å². The molecule has 0 aliphatic heterocycles. The number of rotatable bonds is 3. The molecule has 88 valence electrons. The third kappa shape index (κ3) is 2.74. The van der Waals surface area contributed by atoms with Crippen LogP contribution < -0.4 is 4.67 Å². The number of nitrogens with zero attached hydrogens (tertiary/aromatic N) is 1. The Morgan fingerprint density at radius 2 is 1.12 bits per heavy atom. The molecule has 2 aromatic rings. The summed E-state index contributed by atoms with van der Waals surface area (Å²) in [6.45, 7) is 0. The Morgan fingerprint density at radius 1 is 0.765 bits per heavy atom. The normalized spacial score (nSPS) is 11.2. The van der Waals surface area contributed by atoms with E-state index in [-0.39, 0.29) is 0 Å². The molecule has 4 nitrogen and oxygen atoms in total. The molecule has 0 saturated heterocycles. The number of hydrogen-bond donors (Lipinski definition) is 3. The quantitative estimate of drug-likeness (QED) is 0.730. The maximum atomic E-state index is 9.64. The highest BCUT2D eigenvalue weighted by atomic mass is 31.2. The van der Waals surface area contributed by atoms with Crippen molar-refractivity contribution in [3.63, 3.8) is 0 Å². The van der Waals surface area contributed by atoms with Crippen LogP contribution in [0.3, 0.4) is 0 Å². The van der Waals surface area contributed by atoms with Gasteiger partial charge in [-0.2, -0.15) is 0 Å². The lowest BCUT2D eigenvalue weighted by atomic mass is 10.3. The van der Waals surface area contributed by atoms with Gasteiger partial charge in [0.05, 0.1) is 11.4 Å². The lowest BCUT2D eigenvalue weighted by Gasteiger charge is -2.27. The molecule has 0 unspecified atom stereocenters. The predicted molar refractivity (Wildman–Crippen MR) is 69.1 cm³/mol. The second kappa shape index (κ2) is 4.72. The third-order valence-electron chi connectivity index (χ3n) is 2.28. The van der Waals surface area contributed by atoms with Gasteiger partial charge in [0.25, 0.3) is 0 Å².